The van der Waals surface area contributed by atoms with Crippen LogP contribution in [0.1, 0.15) is 18.9 Å². The van der Waals surface area contributed by atoms with E-state index in [0.717, 1.165) is 17.3 Å². The summed E-state index contributed by atoms with van der Waals surface area (Å²) in [4.78, 5) is 0. The van der Waals surface area contributed by atoms with E-state index < -0.39 is 0 Å². The molecule has 0 saturated heterocycles. The Morgan fingerprint density at radius 1 is 1.31 bits per heavy atom. The Morgan fingerprint density at radius 2 is 1.92 bits per heavy atom. The summed E-state index contributed by atoms with van der Waals surface area (Å²) >= 11 is 3.40. The van der Waals surface area contributed by atoms with Crippen molar-refractivity contribution < 1.29 is 5.11 Å². The lowest BCUT2D eigenvalue weighted by molar-refractivity contribution is 0.262. The lowest BCUT2D eigenvalue weighted by atomic mass is 9.99. The van der Waals surface area contributed by atoms with Gasteiger partial charge in [0.05, 0.1) is 0 Å². The minimum Gasteiger partial charge on any atom is -0.396 e. The Bertz CT molecular complexity index is 243. The van der Waals surface area contributed by atoms with Gasteiger partial charge in [-0.25, -0.2) is 0 Å². The fourth-order valence-electron chi connectivity index (χ4n) is 1.35. The van der Waals surface area contributed by atoms with Gasteiger partial charge in [-0.3, -0.25) is 0 Å². The molecule has 13 heavy (non-hydrogen) atoms. The summed E-state index contributed by atoms with van der Waals surface area (Å²) in [5, 5.41) is 8.75. The van der Waals surface area contributed by atoms with Crippen LogP contribution in [0.2, 0.25) is 0 Å². The lowest BCUT2D eigenvalue weighted by Crippen LogP contribution is -2.01. The van der Waals surface area contributed by atoms with Gasteiger partial charge in [0.25, 0.3) is 0 Å². The average molecular weight is 243 g/mol. The number of halogens is 1. The predicted molar refractivity (Wildman–Crippen MR) is 58.7 cm³/mol. The molecule has 1 aromatic rings. The third-order valence-electron chi connectivity index (χ3n) is 2.12. The van der Waals surface area contributed by atoms with Gasteiger partial charge in [-0.05, 0) is 36.5 Å². The van der Waals surface area contributed by atoms with Crippen molar-refractivity contribution in [3.05, 3.63) is 34.3 Å². The third-order valence-corrected chi connectivity index (χ3v) is 2.65. The molecule has 1 rings (SSSR count). The molecule has 0 bridgehead atoms. The highest BCUT2D eigenvalue weighted by Crippen LogP contribution is 2.15. The van der Waals surface area contributed by atoms with Crippen LogP contribution >= 0.6 is 15.9 Å². The van der Waals surface area contributed by atoms with Gasteiger partial charge in [0, 0.05) is 11.1 Å². The van der Waals surface area contributed by atoms with Gasteiger partial charge in [0.1, 0.15) is 0 Å². The summed E-state index contributed by atoms with van der Waals surface area (Å²) in [6, 6.07) is 8.36. The highest BCUT2D eigenvalue weighted by molar-refractivity contribution is 9.10. The van der Waals surface area contributed by atoms with Crippen LogP contribution < -0.4 is 0 Å². The van der Waals surface area contributed by atoms with Gasteiger partial charge >= 0.3 is 0 Å². The quantitative estimate of drug-likeness (QED) is 0.861. The molecule has 0 radical (unpaired) electrons. The van der Waals surface area contributed by atoms with Gasteiger partial charge in [0.15, 0.2) is 0 Å². The smallest absolute Gasteiger partial charge is 0.0433 e. The maximum absolute atomic E-state index is 8.75. The van der Waals surface area contributed by atoms with Crippen molar-refractivity contribution in [2.45, 2.75) is 19.8 Å². The number of hydrogen-bond donors (Lipinski definition) is 1. The summed E-state index contributed by atoms with van der Waals surface area (Å²) in [7, 11) is 0. The largest absolute Gasteiger partial charge is 0.396 e. The second-order valence-corrected chi connectivity index (χ2v) is 4.36. The van der Waals surface area contributed by atoms with Crippen LogP contribution in [0.5, 0.6) is 0 Å². The predicted octanol–water partition coefficient (Wildman–Crippen LogP) is 3.01. The first-order valence-electron chi connectivity index (χ1n) is 4.57. The Hall–Kier alpha value is -0.340. The molecule has 0 aliphatic heterocycles. The summed E-state index contributed by atoms with van der Waals surface area (Å²) in [5.41, 5.74) is 1.34. The lowest BCUT2D eigenvalue weighted by Gasteiger charge is -2.09. The van der Waals surface area contributed by atoms with Crippen molar-refractivity contribution in [3.63, 3.8) is 0 Å². The normalized spacial score (nSPS) is 12.8. The minimum atomic E-state index is 0.289. The van der Waals surface area contributed by atoms with E-state index in [-0.39, 0.29) is 6.61 Å². The van der Waals surface area contributed by atoms with Gasteiger partial charge in [-0.15, -0.1) is 0 Å². The monoisotopic (exact) mass is 242 g/mol. The molecule has 0 unspecified atom stereocenters. The molecule has 1 N–H and O–H groups in total. The molecule has 0 aliphatic rings. The molecule has 1 aromatic carbocycles. The van der Waals surface area contributed by atoms with Crippen molar-refractivity contribution in [3.8, 4) is 0 Å². The highest BCUT2D eigenvalue weighted by atomic mass is 79.9. The molecule has 0 aromatic heterocycles. The molecule has 1 atom stereocenters. The standard InChI is InChI=1S/C11H15BrO/c1-9(6-7-13)8-10-2-4-11(12)5-3-10/h2-5,9,13H,6-8H2,1H3/t9-/m1/s1. The van der Waals surface area contributed by atoms with E-state index >= 15 is 0 Å². The number of aliphatic hydroxyl groups excluding tert-OH is 1. The van der Waals surface area contributed by atoms with E-state index in [1.807, 2.05) is 0 Å². The molecular weight excluding hydrogens is 228 g/mol. The van der Waals surface area contributed by atoms with Crippen LogP contribution in [-0.2, 0) is 6.42 Å². The molecule has 2 heteroatoms. The van der Waals surface area contributed by atoms with Crippen LogP contribution in [0.3, 0.4) is 0 Å². The van der Waals surface area contributed by atoms with Gasteiger partial charge in [0.2, 0.25) is 0 Å². The zero-order valence-electron chi connectivity index (χ0n) is 7.83. The average Bonchev–Trinajstić information content (AvgIpc) is 2.09. The second-order valence-electron chi connectivity index (χ2n) is 3.45. The van der Waals surface area contributed by atoms with Crippen LogP contribution in [0.4, 0.5) is 0 Å². The Morgan fingerprint density at radius 3 is 2.46 bits per heavy atom. The fraction of sp³-hybridized carbons (Fsp3) is 0.455. The topological polar surface area (TPSA) is 20.2 Å². The van der Waals surface area contributed by atoms with Gasteiger partial charge in [-0.1, -0.05) is 35.0 Å². The zero-order chi connectivity index (χ0) is 9.68. The van der Waals surface area contributed by atoms with Crippen LogP contribution in [-0.4, -0.2) is 11.7 Å². The Kier molecular flexibility index (Phi) is 4.46. The Labute approximate surface area is 87.9 Å². The first-order valence-corrected chi connectivity index (χ1v) is 5.37. The van der Waals surface area contributed by atoms with E-state index in [2.05, 4.69) is 47.1 Å². The third kappa shape index (κ3) is 3.92. The van der Waals surface area contributed by atoms with Crippen LogP contribution in [0.15, 0.2) is 28.7 Å². The first-order chi connectivity index (χ1) is 6.22. The van der Waals surface area contributed by atoms with E-state index in [4.69, 9.17) is 5.11 Å². The molecule has 0 saturated carbocycles. The number of rotatable bonds is 4. The minimum absolute atomic E-state index is 0.289. The highest BCUT2D eigenvalue weighted by Gasteiger charge is 2.02. The van der Waals surface area contributed by atoms with Crippen LogP contribution in [0.25, 0.3) is 0 Å². The maximum atomic E-state index is 8.75. The number of aliphatic hydroxyl groups is 1. The van der Waals surface area contributed by atoms with Crippen molar-refractivity contribution in [1.82, 2.24) is 0 Å². The summed E-state index contributed by atoms with van der Waals surface area (Å²) in [6.45, 7) is 2.45. The molecular formula is C11H15BrO. The molecule has 0 fully saturated rings. The summed E-state index contributed by atoms with van der Waals surface area (Å²) in [5.74, 6) is 0.561. The van der Waals surface area contributed by atoms with Gasteiger partial charge < -0.3 is 5.11 Å². The van der Waals surface area contributed by atoms with E-state index in [9.17, 15) is 0 Å². The second kappa shape index (κ2) is 5.40. The molecule has 72 valence electrons. The van der Waals surface area contributed by atoms with E-state index in [1.165, 1.54) is 5.56 Å². The number of hydrogen-bond acceptors (Lipinski definition) is 1. The number of benzene rings is 1. The zero-order valence-corrected chi connectivity index (χ0v) is 9.42. The van der Waals surface area contributed by atoms with Crippen molar-refractivity contribution in [2.75, 3.05) is 6.61 Å². The van der Waals surface area contributed by atoms with Crippen molar-refractivity contribution in [1.29, 1.82) is 0 Å². The molecule has 1 nitrogen and oxygen atoms in total. The Balaban J connectivity index is 2.49. The van der Waals surface area contributed by atoms with Gasteiger partial charge in [-0.2, -0.15) is 0 Å². The molecule has 0 heterocycles. The van der Waals surface area contributed by atoms with Crippen LogP contribution in [0, 0.1) is 5.92 Å². The maximum Gasteiger partial charge on any atom is 0.0433 e. The summed E-state index contributed by atoms with van der Waals surface area (Å²) < 4.78 is 1.12. The molecule has 0 spiro atoms. The summed E-state index contributed by atoms with van der Waals surface area (Å²) in [6.07, 6.45) is 1.93. The van der Waals surface area contributed by atoms with Crippen molar-refractivity contribution >= 4 is 15.9 Å². The molecule has 0 aliphatic carbocycles. The SMILES string of the molecule is C[C@H](CCO)Cc1ccc(Br)cc1. The first kappa shape index (κ1) is 10.7. The van der Waals surface area contributed by atoms with Crippen molar-refractivity contribution in [2.24, 2.45) is 5.92 Å². The van der Waals surface area contributed by atoms with E-state index in [1.54, 1.807) is 0 Å². The molecule has 0 amide bonds. The van der Waals surface area contributed by atoms with E-state index in [0.29, 0.717) is 5.92 Å². The fourth-order valence-corrected chi connectivity index (χ4v) is 1.61.